The van der Waals surface area contributed by atoms with Crippen molar-refractivity contribution in [1.29, 1.82) is 0 Å². The van der Waals surface area contributed by atoms with Crippen LogP contribution in [0, 0.1) is 0 Å². The van der Waals surface area contributed by atoms with Gasteiger partial charge in [0.25, 0.3) is 0 Å². The molecule has 2 aromatic rings. The van der Waals surface area contributed by atoms with Gasteiger partial charge in [0, 0.05) is 5.56 Å². The maximum atomic E-state index is 11.9. The Morgan fingerprint density at radius 2 is 1.53 bits per heavy atom. The predicted molar refractivity (Wildman–Crippen MR) is 82.1 cm³/mol. The molecule has 0 spiro atoms. The topological polar surface area (TPSA) is 17.1 Å². The zero-order valence-corrected chi connectivity index (χ0v) is 12.4. The third-order valence-electron chi connectivity index (χ3n) is 3.73. The highest BCUT2D eigenvalue weighted by molar-refractivity contribution is 6.09. The summed E-state index contributed by atoms with van der Waals surface area (Å²) in [6.07, 6.45) is 0. The normalized spacial score (nSPS) is 11.5. The lowest BCUT2D eigenvalue weighted by atomic mass is 9.87. The van der Waals surface area contributed by atoms with Gasteiger partial charge in [0.1, 0.15) is 0 Å². The fourth-order valence-corrected chi connectivity index (χ4v) is 2.74. The van der Waals surface area contributed by atoms with Crippen LogP contribution < -0.4 is 0 Å². The van der Waals surface area contributed by atoms with Gasteiger partial charge in [-0.2, -0.15) is 0 Å². The van der Waals surface area contributed by atoms with Crippen molar-refractivity contribution in [3.8, 4) is 0 Å². The molecule has 0 radical (unpaired) electrons. The molecule has 19 heavy (non-hydrogen) atoms. The molecule has 0 amide bonds. The van der Waals surface area contributed by atoms with Gasteiger partial charge in [-0.25, -0.2) is 0 Å². The average molecular weight is 254 g/mol. The number of carbonyl (C=O) groups excluding carboxylic acids is 1. The van der Waals surface area contributed by atoms with Crippen LogP contribution in [0.4, 0.5) is 0 Å². The van der Waals surface area contributed by atoms with Crippen LogP contribution in [0.15, 0.2) is 30.3 Å². The van der Waals surface area contributed by atoms with E-state index >= 15 is 0 Å². The Hall–Kier alpha value is -1.63. The molecular weight excluding hydrogens is 232 g/mol. The second-order valence-electron chi connectivity index (χ2n) is 5.84. The number of hydrogen-bond donors (Lipinski definition) is 0. The standard InChI is InChI=1S/C18H22O/c1-11(2)14-9-10-16(13(5)19)18-15(12(3)4)7-6-8-17(14)18/h6-12H,1-5H3. The minimum atomic E-state index is 0.147. The van der Waals surface area contributed by atoms with Crippen molar-refractivity contribution in [2.75, 3.05) is 0 Å². The lowest BCUT2D eigenvalue weighted by Gasteiger charge is -2.17. The van der Waals surface area contributed by atoms with Gasteiger partial charge in [0.15, 0.2) is 5.78 Å². The molecule has 2 aromatic carbocycles. The van der Waals surface area contributed by atoms with Crippen LogP contribution in [0.3, 0.4) is 0 Å². The molecule has 0 saturated heterocycles. The number of hydrogen-bond acceptors (Lipinski definition) is 1. The Balaban J connectivity index is 2.93. The molecule has 0 fully saturated rings. The fraction of sp³-hybridized carbons (Fsp3) is 0.389. The molecule has 100 valence electrons. The highest BCUT2D eigenvalue weighted by atomic mass is 16.1. The average Bonchev–Trinajstić information content (AvgIpc) is 2.35. The van der Waals surface area contributed by atoms with Crippen molar-refractivity contribution in [3.63, 3.8) is 0 Å². The van der Waals surface area contributed by atoms with Gasteiger partial charge in [0.2, 0.25) is 0 Å². The van der Waals surface area contributed by atoms with E-state index in [1.54, 1.807) is 6.92 Å². The number of carbonyl (C=O) groups is 1. The smallest absolute Gasteiger partial charge is 0.160 e. The summed E-state index contributed by atoms with van der Waals surface area (Å²) in [7, 11) is 0. The zero-order chi connectivity index (χ0) is 14.2. The Morgan fingerprint density at radius 1 is 0.895 bits per heavy atom. The minimum Gasteiger partial charge on any atom is -0.294 e. The number of fused-ring (bicyclic) bond motifs is 1. The molecular formula is C18H22O. The fourth-order valence-electron chi connectivity index (χ4n) is 2.74. The summed E-state index contributed by atoms with van der Waals surface area (Å²) in [4.78, 5) is 11.9. The zero-order valence-electron chi connectivity index (χ0n) is 12.4. The van der Waals surface area contributed by atoms with Gasteiger partial charge in [-0.1, -0.05) is 58.0 Å². The Kier molecular flexibility index (Phi) is 3.75. The highest BCUT2D eigenvalue weighted by Gasteiger charge is 2.15. The van der Waals surface area contributed by atoms with Gasteiger partial charge in [-0.05, 0) is 40.7 Å². The molecule has 0 heterocycles. The van der Waals surface area contributed by atoms with E-state index in [4.69, 9.17) is 0 Å². The van der Waals surface area contributed by atoms with E-state index in [-0.39, 0.29) is 5.78 Å². The minimum absolute atomic E-state index is 0.147. The molecule has 0 N–H and O–H groups in total. The molecule has 0 unspecified atom stereocenters. The van der Waals surface area contributed by atoms with E-state index in [9.17, 15) is 4.79 Å². The maximum Gasteiger partial charge on any atom is 0.160 e. The van der Waals surface area contributed by atoms with Crippen LogP contribution >= 0.6 is 0 Å². The van der Waals surface area contributed by atoms with E-state index < -0.39 is 0 Å². The summed E-state index contributed by atoms with van der Waals surface area (Å²) < 4.78 is 0. The summed E-state index contributed by atoms with van der Waals surface area (Å²) in [6, 6.07) is 10.5. The third kappa shape index (κ3) is 2.42. The van der Waals surface area contributed by atoms with Crippen molar-refractivity contribution in [2.24, 2.45) is 0 Å². The van der Waals surface area contributed by atoms with Crippen LogP contribution in [0.25, 0.3) is 10.8 Å². The highest BCUT2D eigenvalue weighted by Crippen LogP contribution is 2.33. The first-order chi connectivity index (χ1) is 8.93. The Bertz CT molecular complexity index is 621. The van der Waals surface area contributed by atoms with E-state index in [2.05, 4.69) is 52.0 Å². The van der Waals surface area contributed by atoms with Gasteiger partial charge < -0.3 is 0 Å². The first kappa shape index (κ1) is 13.8. The lowest BCUT2D eigenvalue weighted by molar-refractivity contribution is 0.101. The molecule has 0 aromatic heterocycles. The lowest BCUT2D eigenvalue weighted by Crippen LogP contribution is -2.01. The quantitative estimate of drug-likeness (QED) is 0.680. The Labute approximate surface area is 115 Å². The molecule has 2 rings (SSSR count). The molecule has 1 nitrogen and oxygen atoms in total. The second-order valence-corrected chi connectivity index (χ2v) is 5.84. The first-order valence-corrected chi connectivity index (χ1v) is 7.00. The van der Waals surface area contributed by atoms with Crippen molar-refractivity contribution < 1.29 is 4.79 Å². The largest absolute Gasteiger partial charge is 0.294 e. The van der Waals surface area contributed by atoms with Crippen LogP contribution in [0.2, 0.25) is 0 Å². The summed E-state index contributed by atoms with van der Waals surface area (Å²) >= 11 is 0. The van der Waals surface area contributed by atoms with Gasteiger partial charge in [-0.15, -0.1) is 0 Å². The van der Waals surface area contributed by atoms with Crippen molar-refractivity contribution in [3.05, 3.63) is 47.0 Å². The van der Waals surface area contributed by atoms with Crippen molar-refractivity contribution in [1.82, 2.24) is 0 Å². The van der Waals surface area contributed by atoms with E-state index in [0.717, 1.165) is 10.9 Å². The van der Waals surface area contributed by atoms with Crippen LogP contribution in [-0.2, 0) is 0 Å². The molecule has 1 heteroatoms. The van der Waals surface area contributed by atoms with Crippen LogP contribution in [-0.4, -0.2) is 5.78 Å². The van der Waals surface area contributed by atoms with Crippen LogP contribution in [0.1, 0.15) is 67.9 Å². The van der Waals surface area contributed by atoms with Crippen molar-refractivity contribution >= 4 is 16.6 Å². The van der Waals surface area contributed by atoms with Gasteiger partial charge >= 0.3 is 0 Å². The summed E-state index contributed by atoms with van der Waals surface area (Å²) in [5.74, 6) is 1.03. The monoisotopic (exact) mass is 254 g/mol. The second kappa shape index (κ2) is 5.16. The van der Waals surface area contributed by atoms with Gasteiger partial charge in [-0.3, -0.25) is 4.79 Å². The number of ketones is 1. The summed E-state index contributed by atoms with van der Waals surface area (Å²) in [5.41, 5.74) is 3.44. The molecule has 0 saturated carbocycles. The molecule has 0 aliphatic carbocycles. The molecule has 0 aliphatic rings. The summed E-state index contributed by atoms with van der Waals surface area (Å²) in [5, 5.41) is 2.38. The van der Waals surface area contributed by atoms with Crippen molar-refractivity contribution in [2.45, 2.75) is 46.5 Å². The van der Waals surface area contributed by atoms with E-state index in [0.29, 0.717) is 11.8 Å². The Morgan fingerprint density at radius 3 is 2.05 bits per heavy atom. The van der Waals surface area contributed by atoms with Crippen LogP contribution in [0.5, 0.6) is 0 Å². The maximum absolute atomic E-state index is 11.9. The van der Waals surface area contributed by atoms with E-state index in [1.165, 1.54) is 16.5 Å². The SMILES string of the molecule is CC(=O)c1ccc(C(C)C)c2cccc(C(C)C)c12. The molecule has 0 atom stereocenters. The molecule has 0 aliphatic heterocycles. The van der Waals surface area contributed by atoms with E-state index in [1.807, 2.05) is 6.07 Å². The first-order valence-electron chi connectivity index (χ1n) is 7.00. The van der Waals surface area contributed by atoms with Gasteiger partial charge in [0.05, 0.1) is 0 Å². The number of benzene rings is 2. The number of Topliss-reactive ketones (excluding diaryl/α,β-unsaturated/α-hetero) is 1. The predicted octanol–water partition coefficient (Wildman–Crippen LogP) is 5.29. The third-order valence-corrected chi connectivity index (χ3v) is 3.73. The molecule has 0 bridgehead atoms. The number of rotatable bonds is 3. The summed E-state index contributed by atoms with van der Waals surface area (Å²) in [6.45, 7) is 10.4.